The molecule has 28 heavy (non-hydrogen) atoms. The van der Waals surface area contributed by atoms with E-state index in [2.05, 4.69) is 57.0 Å². The Morgan fingerprint density at radius 2 is 1.39 bits per heavy atom. The smallest absolute Gasteiger partial charge is 0.0745 e. The Hall–Kier alpha value is -0.0800. The van der Waals surface area contributed by atoms with E-state index in [1.54, 1.807) is 0 Å². The molecule has 0 unspecified atom stereocenters. The zero-order valence-corrected chi connectivity index (χ0v) is 24.2. The number of aromatic amines is 1. The van der Waals surface area contributed by atoms with Gasteiger partial charge in [-0.25, -0.2) is 12.2 Å². The third kappa shape index (κ3) is 33.5. The summed E-state index contributed by atoms with van der Waals surface area (Å²) in [6, 6.07) is 10.1. The van der Waals surface area contributed by atoms with Crippen molar-refractivity contribution in [1.29, 1.82) is 0 Å². The molecule has 0 aliphatic heterocycles. The van der Waals surface area contributed by atoms with Crippen LogP contribution in [-0.2, 0) is 23.3 Å². The largest absolute Gasteiger partial charge is 0.477 e. The number of rotatable bonds is 0. The van der Waals surface area contributed by atoms with Gasteiger partial charge in [0, 0.05) is 0 Å². The van der Waals surface area contributed by atoms with Crippen LogP contribution in [0.2, 0.25) is 0 Å². The minimum atomic E-state index is 0. The molecule has 0 saturated heterocycles. The summed E-state index contributed by atoms with van der Waals surface area (Å²) in [6.07, 6.45) is 12.9. The van der Waals surface area contributed by atoms with Gasteiger partial charge in [0.25, 0.3) is 0 Å². The zero-order chi connectivity index (χ0) is 15.2. The van der Waals surface area contributed by atoms with Gasteiger partial charge in [0.05, 0.1) is 0 Å². The molecule has 2 aromatic rings. The molecule has 0 amide bonds. The first-order chi connectivity index (χ1) is 9.70. The summed E-state index contributed by atoms with van der Waals surface area (Å²) in [5.41, 5.74) is 1.15. The van der Waals surface area contributed by atoms with Crippen molar-refractivity contribution in [2.75, 3.05) is 0 Å². The fourth-order valence-electron chi connectivity index (χ4n) is 1.27. The molecule has 1 aromatic heterocycles. The summed E-state index contributed by atoms with van der Waals surface area (Å²) in [5, 5.41) is 1.22. The number of aromatic nitrogens is 1. The maximum absolute atomic E-state index is 3.06. The molecule has 2 radical (unpaired) electrons. The van der Waals surface area contributed by atoms with Crippen molar-refractivity contribution >= 4 is 42.6 Å². The number of para-hydroxylation sites is 1. The Balaban J connectivity index is -0.0000000246. The maximum Gasteiger partial charge on any atom is -0.0745 e. The SMILES string of the molecule is C[C-](C)C.Cl.Cl.[C-]1=CC=CC1.[CH3-].[CH3-].[CH3-].[CH3-].[CH3-].[CH3-].[Si]=[Zr].[c-]1cc2ccccc2[nH]1. The fourth-order valence-corrected chi connectivity index (χ4v) is 1.27. The maximum atomic E-state index is 3.06. The molecule has 168 valence electrons. The molecule has 1 aromatic carbocycles. The molecule has 1 heterocycles. The first-order valence-corrected chi connectivity index (χ1v) is 10.6. The van der Waals surface area contributed by atoms with Gasteiger partial charge in [0.2, 0.25) is 0 Å². The Morgan fingerprint density at radius 3 is 1.71 bits per heavy atom. The van der Waals surface area contributed by atoms with Crippen molar-refractivity contribution in [2.24, 2.45) is 0 Å². The Labute approximate surface area is 208 Å². The molecule has 3 rings (SSSR count). The summed E-state index contributed by atoms with van der Waals surface area (Å²) >= 11 is 1.36. The minimum Gasteiger partial charge on any atom is -0.477 e. The fraction of sp³-hybridized carbons (Fsp3) is 0.174. The summed E-state index contributed by atoms with van der Waals surface area (Å²) in [6.45, 7) is 9.31. The topological polar surface area (TPSA) is 15.8 Å². The first-order valence-electron chi connectivity index (χ1n) is 6.37. The molecule has 0 saturated carbocycles. The molecule has 0 atom stereocenters. The monoisotopic (exact) mass is 518 g/mol. The number of hydrogen-bond acceptors (Lipinski definition) is 0. The number of benzene rings is 1. The summed E-state index contributed by atoms with van der Waals surface area (Å²) in [7, 11) is 0. The van der Waals surface area contributed by atoms with Crippen LogP contribution in [0.25, 0.3) is 10.9 Å². The van der Waals surface area contributed by atoms with E-state index in [-0.39, 0.29) is 69.4 Å². The van der Waals surface area contributed by atoms with Gasteiger partial charge in [0.15, 0.2) is 0 Å². The van der Waals surface area contributed by atoms with Crippen LogP contribution < -0.4 is 0 Å². The van der Waals surface area contributed by atoms with Crippen LogP contribution in [-0.4, -0.2) is 11.9 Å². The Bertz CT molecular complexity index is 483. The normalized spacial score (nSPS) is 7.82. The van der Waals surface area contributed by atoms with Crippen LogP contribution in [0.4, 0.5) is 0 Å². The summed E-state index contributed by atoms with van der Waals surface area (Å²) in [4.78, 5) is 2.99. The molecule has 1 aliphatic carbocycles. The van der Waals surface area contributed by atoms with Gasteiger partial charge < -0.3 is 55.5 Å². The number of fused-ring (bicyclic) bond motifs is 1. The van der Waals surface area contributed by atoms with E-state index in [0.29, 0.717) is 0 Å². The van der Waals surface area contributed by atoms with E-state index >= 15 is 0 Å². The van der Waals surface area contributed by atoms with Gasteiger partial charge in [-0.1, -0.05) is 12.1 Å². The van der Waals surface area contributed by atoms with Gasteiger partial charge in [-0.15, -0.1) is 55.1 Å². The van der Waals surface area contributed by atoms with Crippen LogP contribution in [0.1, 0.15) is 27.2 Å². The molecule has 0 bridgehead atoms. The molecule has 1 nitrogen and oxygen atoms in total. The van der Waals surface area contributed by atoms with Crippen molar-refractivity contribution in [2.45, 2.75) is 27.2 Å². The second-order valence-corrected chi connectivity index (χ2v) is 4.50. The third-order valence-electron chi connectivity index (χ3n) is 1.98. The van der Waals surface area contributed by atoms with E-state index in [4.69, 9.17) is 0 Å². The second kappa shape index (κ2) is 41.3. The minimum absolute atomic E-state index is 0. The number of halogens is 2. The number of hydrogen-bond donors (Lipinski definition) is 1. The number of H-pyrrole nitrogens is 1. The predicted molar refractivity (Wildman–Crippen MR) is 138 cm³/mol. The van der Waals surface area contributed by atoms with Crippen molar-refractivity contribution < 1.29 is 23.3 Å². The number of allylic oxidation sites excluding steroid dienone is 4. The van der Waals surface area contributed by atoms with E-state index in [1.807, 2.05) is 36.4 Å². The predicted octanol–water partition coefficient (Wildman–Crippen LogP) is 8.06. The van der Waals surface area contributed by atoms with Crippen LogP contribution >= 0.6 is 24.8 Å². The van der Waals surface area contributed by atoms with E-state index in [9.17, 15) is 0 Å². The van der Waals surface area contributed by atoms with Gasteiger partial charge in [-0.2, -0.15) is 38.3 Å². The summed E-state index contributed by atoms with van der Waals surface area (Å²) < 4.78 is 0. The van der Waals surface area contributed by atoms with Gasteiger partial charge in [-0.3, -0.25) is 6.08 Å². The van der Waals surface area contributed by atoms with Crippen molar-refractivity contribution in [3.8, 4) is 0 Å². The quantitative estimate of drug-likeness (QED) is 0.267. The average molecular weight is 521 g/mol. The average Bonchev–Trinajstić information content (AvgIpc) is 3.15. The van der Waals surface area contributed by atoms with Crippen LogP contribution in [0.15, 0.2) is 48.6 Å². The van der Waals surface area contributed by atoms with Gasteiger partial charge >= 0.3 is 30.2 Å². The molecule has 0 spiro atoms. The molecule has 1 aliphatic rings. The first kappa shape index (κ1) is 56.5. The Morgan fingerprint density at radius 1 is 0.929 bits per heavy atom. The summed E-state index contributed by atoms with van der Waals surface area (Å²) in [5.74, 6) is 1.42. The van der Waals surface area contributed by atoms with Crippen LogP contribution in [0.3, 0.4) is 0 Å². The van der Waals surface area contributed by atoms with E-state index < -0.39 is 0 Å². The third-order valence-corrected chi connectivity index (χ3v) is 1.98. The molecule has 0 fully saturated rings. The van der Waals surface area contributed by atoms with Crippen molar-refractivity contribution in [1.82, 2.24) is 4.98 Å². The van der Waals surface area contributed by atoms with Crippen molar-refractivity contribution in [3.63, 3.8) is 0 Å². The zero-order valence-electron chi connectivity index (χ0n) is 19.1. The van der Waals surface area contributed by atoms with Crippen molar-refractivity contribution in [3.05, 3.63) is 111 Å². The molecule has 1 N–H and O–H groups in total. The van der Waals surface area contributed by atoms with Crippen LogP contribution in [0, 0.1) is 62.8 Å². The number of nitrogens with one attached hydrogen (secondary N) is 1. The van der Waals surface area contributed by atoms with Gasteiger partial charge in [0.1, 0.15) is 0 Å². The van der Waals surface area contributed by atoms with E-state index in [1.165, 1.54) is 34.6 Å². The van der Waals surface area contributed by atoms with E-state index in [0.717, 1.165) is 11.9 Å². The standard InChI is InChI=1S/C8H6N.C5H5.C4H9.6CH3.2ClH.Si.Zr/c1-2-4-8-7(3-1)5-6-9-8;1-2-4-5-3-1;1-4(2)3;;;;;;;;;;/h1-5,9H;1-3H,4H2;1-3H3;6*1H3;2*1H;;/q9*-1;;;;. The van der Waals surface area contributed by atoms with Crippen LogP contribution in [0.5, 0.6) is 0 Å². The molecular weight excluding hydrogens is 480 g/mol. The second-order valence-electron chi connectivity index (χ2n) is 4.50. The molecular formula is C23H40Cl2NSiZr-9. The Kier molecular flexibility index (Phi) is 83.4. The van der Waals surface area contributed by atoms with Gasteiger partial charge in [-0.05, 0) is 0 Å². The molecule has 5 heteroatoms.